The van der Waals surface area contributed by atoms with Crippen molar-refractivity contribution >= 4 is 18.5 Å². The molecule has 0 heterocycles. The van der Waals surface area contributed by atoms with Gasteiger partial charge in [-0.2, -0.15) is 0 Å². The predicted molar refractivity (Wildman–Crippen MR) is 78.5 cm³/mol. The zero-order valence-corrected chi connectivity index (χ0v) is 13.0. The number of amides is 1. The SMILES string of the molecule is CCCOC(=O)NCCCCCNC(C)(C)C.Cl. The molecule has 0 spiro atoms. The molecule has 0 unspecified atom stereocenters. The summed E-state index contributed by atoms with van der Waals surface area (Å²) in [5, 5.41) is 6.18. The summed E-state index contributed by atoms with van der Waals surface area (Å²) in [5.41, 5.74) is 0.197. The summed E-state index contributed by atoms with van der Waals surface area (Å²) in [6, 6.07) is 0. The Hall–Kier alpha value is -0.480. The van der Waals surface area contributed by atoms with Crippen molar-refractivity contribution < 1.29 is 9.53 Å². The van der Waals surface area contributed by atoms with Gasteiger partial charge in [-0.3, -0.25) is 0 Å². The van der Waals surface area contributed by atoms with E-state index in [0.29, 0.717) is 13.2 Å². The van der Waals surface area contributed by atoms with Crippen LogP contribution in [0.5, 0.6) is 0 Å². The van der Waals surface area contributed by atoms with Crippen molar-refractivity contribution in [2.24, 2.45) is 0 Å². The minimum absolute atomic E-state index is 0. The molecule has 2 N–H and O–H groups in total. The van der Waals surface area contributed by atoms with Gasteiger partial charge in [-0.15, -0.1) is 12.4 Å². The first-order valence-corrected chi connectivity index (χ1v) is 6.61. The van der Waals surface area contributed by atoms with Gasteiger partial charge in [-0.1, -0.05) is 13.3 Å². The number of carbonyl (C=O) groups is 1. The molecule has 0 atom stereocenters. The maximum atomic E-state index is 11.1. The molecule has 110 valence electrons. The molecule has 0 fully saturated rings. The molecule has 5 heteroatoms. The number of alkyl carbamates (subject to hydrolysis) is 1. The average Bonchev–Trinajstić information content (AvgIpc) is 2.23. The normalized spacial score (nSPS) is 10.7. The summed E-state index contributed by atoms with van der Waals surface area (Å²) in [6.45, 7) is 10.7. The lowest BCUT2D eigenvalue weighted by atomic mass is 10.1. The van der Waals surface area contributed by atoms with Crippen LogP contribution >= 0.6 is 12.4 Å². The third kappa shape index (κ3) is 15.5. The molecule has 0 aliphatic carbocycles. The van der Waals surface area contributed by atoms with E-state index >= 15 is 0 Å². The van der Waals surface area contributed by atoms with Gasteiger partial charge in [0.05, 0.1) is 6.61 Å². The molecule has 0 rings (SSSR count). The number of unbranched alkanes of at least 4 members (excludes halogenated alkanes) is 2. The lowest BCUT2D eigenvalue weighted by Crippen LogP contribution is -2.36. The monoisotopic (exact) mass is 280 g/mol. The van der Waals surface area contributed by atoms with E-state index in [9.17, 15) is 4.79 Å². The van der Waals surface area contributed by atoms with E-state index in [2.05, 4.69) is 31.4 Å². The Labute approximate surface area is 118 Å². The Bertz CT molecular complexity index is 206. The van der Waals surface area contributed by atoms with Crippen LogP contribution in [0.25, 0.3) is 0 Å². The van der Waals surface area contributed by atoms with E-state index in [1.165, 1.54) is 0 Å². The highest BCUT2D eigenvalue weighted by Gasteiger charge is 2.06. The van der Waals surface area contributed by atoms with Crippen molar-refractivity contribution in [1.29, 1.82) is 0 Å². The molecule has 0 aromatic rings. The van der Waals surface area contributed by atoms with Crippen LogP contribution in [-0.4, -0.2) is 31.3 Å². The number of ether oxygens (including phenoxy) is 1. The van der Waals surface area contributed by atoms with Crippen LogP contribution in [0.3, 0.4) is 0 Å². The number of rotatable bonds is 8. The number of nitrogens with one attached hydrogen (secondary N) is 2. The zero-order chi connectivity index (χ0) is 13.1. The maximum absolute atomic E-state index is 11.1. The minimum atomic E-state index is -0.292. The molecule has 0 aliphatic rings. The van der Waals surface area contributed by atoms with Crippen molar-refractivity contribution in [3.05, 3.63) is 0 Å². The van der Waals surface area contributed by atoms with Crippen LogP contribution < -0.4 is 10.6 Å². The summed E-state index contributed by atoms with van der Waals surface area (Å²) in [4.78, 5) is 11.1. The first kappa shape index (κ1) is 19.9. The van der Waals surface area contributed by atoms with Crippen LogP contribution in [0.15, 0.2) is 0 Å². The van der Waals surface area contributed by atoms with E-state index < -0.39 is 0 Å². The topological polar surface area (TPSA) is 50.4 Å². The first-order valence-electron chi connectivity index (χ1n) is 6.61. The number of hydrogen-bond donors (Lipinski definition) is 2. The van der Waals surface area contributed by atoms with Gasteiger partial charge in [0.1, 0.15) is 0 Å². The predicted octanol–water partition coefficient (Wildman–Crippen LogP) is 3.10. The smallest absolute Gasteiger partial charge is 0.407 e. The molecule has 0 saturated carbocycles. The Morgan fingerprint density at radius 1 is 1.11 bits per heavy atom. The van der Waals surface area contributed by atoms with Crippen molar-refractivity contribution in [2.75, 3.05) is 19.7 Å². The lowest BCUT2D eigenvalue weighted by Gasteiger charge is -2.20. The summed E-state index contributed by atoms with van der Waals surface area (Å²) >= 11 is 0. The van der Waals surface area contributed by atoms with Crippen LogP contribution in [0, 0.1) is 0 Å². The summed E-state index contributed by atoms with van der Waals surface area (Å²) < 4.78 is 4.90. The van der Waals surface area contributed by atoms with Crippen molar-refractivity contribution in [3.8, 4) is 0 Å². The minimum Gasteiger partial charge on any atom is -0.450 e. The van der Waals surface area contributed by atoms with Gasteiger partial charge in [0.15, 0.2) is 0 Å². The fourth-order valence-electron chi connectivity index (χ4n) is 1.33. The highest BCUT2D eigenvalue weighted by atomic mass is 35.5. The molecule has 0 bridgehead atoms. The number of halogens is 1. The van der Waals surface area contributed by atoms with Gasteiger partial charge in [0.25, 0.3) is 0 Å². The van der Waals surface area contributed by atoms with Crippen LogP contribution in [0.4, 0.5) is 4.79 Å². The lowest BCUT2D eigenvalue weighted by molar-refractivity contribution is 0.146. The molecule has 4 nitrogen and oxygen atoms in total. The van der Waals surface area contributed by atoms with Crippen LogP contribution in [0.2, 0.25) is 0 Å². The van der Waals surface area contributed by atoms with E-state index in [4.69, 9.17) is 4.74 Å². The van der Waals surface area contributed by atoms with Gasteiger partial charge in [-0.05, 0) is 46.6 Å². The Kier molecular flexibility index (Phi) is 12.8. The van der Waals surface area contributed by atoms with E-state index in [-0.39, 0.29) is 24.0 Å². The Balaban J connectivity index is 0. The second-order valence-corrected chi connectivity index (χ2v) is 5.30. The molecule has 0 aromatic carbocycles. The zero-order valence-electron chi connectivity index (χ0n) is 12.2. The average molecular weight is 281 g/mol. The fraction of sp³-hybridized carbons (Fsp3) is 0.923. The van der Waals surface area contributed by atoms with Gasteiger partial charge < -0.3 is 15.4 Å². The third-order valence-electron chi connectivity index (χ3n) is 2.22. The largest absolute Gasteiger partial charge is 0.450 e. The summed E-state index contributed by atoms with van der Waals surface area (Å²) in [5.74, 6) is 0. The van der Waals surface area contributed by atoms with E-state index in [1.54, 1.807) is 0 Å². The second-order valence-electron chi connectivity index (χ2n) is 5.30. The molecule has 0 aliphatic heterocycles. The Morgan fingerprint density at radius 2 is 1.72 bits per heavy atom. The number of carbonyl (C=O) groups excluding carboxylic acids is 1. The summed E-state index contributed by atoms with van der Waals surface area (Å²) in [7, 11) is 0. The fourth-order valence-corrected chi connectivity index (χ4v) is 1.33. The molecule has 0 aromatic heterocycles. The highest BCUT2D eigenvalue weighted by molar-refractivity contribution is 5.85. The highest BCUT2D eigenvalue weighted by Crippen LogP contribution is 2.00. The van der Waals surface area contributed by atoms with Gasteiger partial charge in [0, 0.05) is 12.1 Å². The first-order chi connectivity index (χ1) is 7.95. The molecule has 18 heavy (non-hydrogen) atoms. The van der Waals surface area contributed by atoms with E-state index in [1.807, 2.05) is 6.92 Å². The second kappa shape index (κ2) is 11.6. The van der Waals surface area contributed by atoms with Gasteiger partial charge >= 0.3 is 6.09 Å². The molecular formula is C13H29ClN2O2. The summed E-state index contributed by atoms with van der Waals surface area (Å²) in [6.07, 6.45) is 3.85. The molecule has 0 radical (unpaired) electrons. The molecule has 0 saturated heterocycles. The van der Waals surface area contributed by atoms with Crippen molar-refractivity contribution in [1.82, 2.24) is 10.6 Å². The maximum Gasteiger partial charge on any atom is 0.407 e. The van der Waals surface area contributed by atoms with Gasteiger partial charge in [0.2, 0.25) is 0 Å². The quantitative estimate of drug-likeness (QED) is 0.672. The molecule has 1 amide bonds. The standard InChI is InChI=1S/C13H28N2O2.ClH/c1-5-11-17-12(16)14-9-7-6-8-10-15-13(2,3)4;/h15H,5-11H2,1-4H3,(H,14,16);1H. The van der Waals surface area contributed by atoms with Crippen LogP contribution in [0.1, 0.15) is 53.4 Å². The number of hydrogen-bond acceptors (Lipinski definition) is 3. The van der Waals surface area contributed by atoms with Crippen LogP contribution in [-0.2, 0) is 4.74 Å². The van der Waals surface area contributed by atoms with E-state index in [0.717, 1.165) is 32.2 Å². The van der Waals surface area contributed by atoms with Gasteiger partial charge in [-0.25, -0.2) is 4.79 Å². The Morgan fingerprint density at radius 3 is 2.28 bits per heavy atom. The van der Waals surface area contributed by atoms with Crippen molar-refractivity contribution in [3.63, 3.8) is 0 Å². The third-order valence-corrected chi connectivity index (χ3v) is 2.22. The molecular weight excluding hydrogens is 252 g/mol. The van der Waals surface area contributed by atoms with Crippen molar-refractivity contribution in [2.45, 2.75) is 58.9 Å².